The Hall–Kier alpha value is -0.420. The summed E-state index contributed by atoms with van der Waals surface area (Å²) in [5.74, 6) is 2.19. The maximum absolute atomic E-state index is 5.79. The van der Waals surface area contributed by atoms with Crippen LogP contribution in [0.3, 0.4) is 0 Å². The lowest BCUT2D eigenvalue weighted by Gasteiger charge is -2.22. The minimum atomic E-state index is 0.355. The highest BCUT2D eigenvalue weighted by molar-refractivity contribution is 9.08. The van der Waals surface area contributed by atoms with Crippen LogP contribution in [-0.4, -0.2) is 27.5 Å². The third-order valence-electron chi connectivity index (χ3n) is 3.55. The van der Waals surface area contributed by atoms with Gasteiger partial charge in [-0.1, -0.05) is 15.9 Å². The summed E-state index contributed by atoms with van der Waals surface area (Å²) >= 11 is 3.49. The first-order valence-electron chi connectivity index (χ1n) is 6.48. The molecule has 3 rings (SSSR count). The fourth-order valence-electron chi connectivity index (χ4n) is 2.52. The van der Waals surface area contributed by atoms with Crippen LogP contribution in [0.2, 0.25) is 0 Å². The number of halogens is 1. The number of hydrogen-bond donors (Lipinski definition) is 0. The minimum absolute atomic E-state index is 0.355. The molecule has 1 aliphatic heterocycles. The van der Waals surface area contributed by atoms with Crippen LogP contribution in [0.5, 0.6) is 0 Å². The standard InChI is InChI=1S/C12H18BrN3O/c13-8-12-15-14-11(16(12)9-4-5-9)7-10-3-1-2-6-17-10/h9-10H,1-8H2. The predicted octanol–water partition coefficient (Wildman–Crippen LogP) is 2.62. The van der Waals surface area contributed by atoms with E-state index >= 15 is 0 Å². The normalized spacial score (nSPS) is 25.1. The summed E-state index contributed by atoms with van der Waals surface area (Å²) in [7, 11) is 0. The molecule has 1 unspecified atom stereocenters. The summed E-state index contributed by atoms with van der Waals surface area (Å²) in [5.41, 5.74) is 0. The Morgan fingerprint density at radius 1 is 1.18 bits per heavy atom. The summed E-state index contributed by atoms with van der Waals surface area (Å²) < 4.78 is 8.11. The van der Waals surface area contributed by atoms with E-state index in [2.05, 4.69) is 30.7 Å². The minimum Gasteiger partial charge on any atom is -0.378 e. The van der Waals surface area contributed by atoms with Gasteiger partial charge in [0.25, 0.3) is 0 Å². The van der Waals surface area contributed by atoms with Crippen LogP contribution in [0.1, 0.15) is 49.8 Å². The van der Waals surface area contributed by atoms with E-state index in [9.17, 15) is 0 Å². The van der Waals surface area contributed by atoms with E-state index in [1.54, 1.807) is 0 Å². The van der Waals surface area contributed by atoms with Crippen LogP contribution in [0.15, 0.2) is 0 Å². The average molecular weight is 300 g/mol. The predicted molar refractivity (Wildman–Crippen MR) is 68.2 cm³/mol. The monoisotopic (exact) mass is 299 g/mol. The smallest absolute Gasteiger partial charge is 0.143 e. The molecule has 1 aliphatic carbocycles. The van der Waals surface area contributed by atoms with Gasteiger partial charge in [-0.3, -0.25) is 0 Å². The van der Waals surface area contributed by atoms with Crippen LogP contribution in [0.25, 0.3) is 0 Å². The topological polar surface area (TPSA) is 39.9 Å². The van der Waals surface area contributed by atoms with Gasteiger partial charge in [-0.15, -0.1) is 10.2 Å². The van der Waals surface area contributed by atoms with Gasteiger partial charge < -0.3 is 9.30 Å². The molecule has 0 N–H and O–H groups in total. The number of hydrogen-bond acceptors (Lipinski definition) is 3. The SMILES string of the molecule is BrCc1nnc(CC2CCCCO2)n1C1CC1. The fourth-order valence-corrected chi connectivity index (χ4v) is 2.90. The molecule has 0 radical (unpaired) electrons. The molecule has 4 nitrogen and oxygen atoms in total. The summed E-state index contributed by atoms with van der Waals surface area (Å²) in [6, 6.07) is 0.649. The highest BCUT2D eigenvalue weighted by atomic mass is 79.9. The zero-order valence-corrected chi connectivity index (χ0v) is 11.5. The Bertz CT molecular complexity index is 383. The lowest BCUT2D eigenvalue weighted by atomic mass is 10.1. The number of ether oxygens (including phenoxy) is 1. The Kier molecular flexibility index (Phi) is 3.47. The van der Waals surface area contributed by atoms with Crippen molar-refractivity contribution >= 4 is 15.9 Å². The molecule has 1 atom stereocenters. The van der Waals surface area contributed by atoms with Crippen LogP contribution < -0.4 is 0 Å². The van der Waals surface area contributed by atoms with E-state index in [1.807, 2.05) is 0 Å². The van der Waals surface area contributed by atoms with Crippen molar-refractivity contribution in [2.45, 2.75) is 56.0 Å². The lowest BCUT2D eigenvalue weighted by molar-refractivity contribution is 0.0151. The fraction of sp³-hybridized carbons (Fsp3) is 0.833. The van der Waals surface area contributed by atoms with Crippen molar-refractivity contribution < 1.29 is 4.74 Å². The van der Waals surface area contributed by atoms with Crippen LogP contribution in [0.4, 0.5) is 0 Å². The molecule has 94 valence electrons. The lowest BCUT2D eigenvalue weighted by Crippen LogP contribution is -2.23. The molecular weight excluding hydrogens is 282 g/mol. The van der Waals surface area contributed by atoms with Gasteiger partial charge in [0.2, 0.25) is 0 Å². The number of nitrogens with zero attached hydrogens (tertiary/aromatic N) is 3. The Morgan fingerprint density at radius 3 is 2.65 bits per heavy atom. The van der Waals surface area contributed by atoms with Crippen molar-refractivity contribution in [1.82, 2.24) is 14.8 Å². The molecule has 0 bridgehead atoms. The summed E-state index contributed by atoms with van der Waals surface area (Å²) in [4.78, 5) is 0. The van der Waals surface area contributed by atoms with Crippen molar-refractivity contribution in [3.8, 4) is 0 Å². The summed E-state index contributed by atoms with van der Waals surface area (Å²) in [6.45, 7) is 0.910. The molecule has 1 saturated carbocycles. The third kappa shape index (κ3) is 2.55. The molecule has 2 fully saturated rings. The zero-order chi connectivity index (χ0) is 11.7. The van der Waals surface area contributed by atoms with Crippen LogP contribution in [-0.2, 0) is 16.5 Å². The molecule has 1 saturated heterocycles. The first kappa shape index (κ1) is 11.7. The van der Waals surface area contributed by atoms with Gasteiger partial charge in [0, 0.05) is 19.1 Å². The van der Waals surface area contributed by atoms with E-state index in [4.69, 9.17) is 4.74 Å². The van der Waals surface area contributed by atoms with E-state index in [-0.39, 0.29) is 0 Å². The van der Waals surface area contributed by atoms with E-state index in [0.717, 1.165) is 30.0 Å². The van der Waals surface area contributed by atoms with Gasteiger partial charge in [0.15, 0.2) is 0 Å². The van der Waals surface area contributed by atoms with Gasteiger partial charge >= 0.3 is 0 Å². The second kappa shape index (κ2) is 5.06. The van der Waals surface area contributed by atoms with Gasteiger partial charge in [0.05, 0.1) is 11.4 Å². The molecule has 0 amide bonds. The first-order valence-corrected chi connectivity index (χ1v) is 7.61. The average Bonchev–Trinajstić information content (AvgIpc) is 3.13. The van der Waals surface area contributed by atoms with Crippen molar-refractivity contribution in [1.29, 1.82) is 0 Å². The summed E-state index contributed by atoms with van der Waals surface area (Å²) in [5, 5.41) is 9.41. The van der Waals surface area contributed by atoms with Gasteiger partial charge in [-0.2, -0.15) is 0 Å². The van der Waals surface area contributed by atoms with E-state index in [0.29, 0.717) is 12.1 Å². The zero-order valence-electron chi connectivity index (χ0n) is 9.94. The molecule has 1 aromatic heterocycles. The molecule has 5 heteroatoms. The molecule has 2 heterocycles. The van der Waals surface area contributed by atoms with Crippen molar-refractivity contribution in [3.05, 3.63) is 11.6 Å². The van der Waals surface area contributed by atoms with E-state index < -0.39 is 0 Å². The third-order valence-corrected chi connectivity index (χ3v) is 4.05. The van der Waals surface area contributed by atoms with Gasteiger partial charge in [0.1, 0.15) is 11.6 Å². The second-order valence-electron chi connectivity index (χ2n) is 4.96. The van der Waals surface area contributed by atoms with Crippen molar-refractivity contribution in [2.24, 2.45) is 0 Å². The molecule has 0 aromatic carbocycles. The van der Waals surface area contributed by atoms with E-state index in [1.165, 1.54) is 32.1 Å². The van der Waals surface area contributed by atoms with Crippen LogP contribution >= 0.6 is 15.9 Å². The summed E-state index contributed by atoms with van der Waals surface area (Å²) in [6.07, 6.45) is 7.49. The van der Waals surface area contributed by atoms with Crippen LogP contribution in [0, 0.1) is 0 Å². The van der Waals surface area contributed by atoms with Gasteiger partial charge in [-0.25, -0.2) is 0 Å². The molecule has 1 aromatic rings. The quantitative estimate of drug-likeness (QED) is 0.803. The molecule has 0 spiro atoms. The molecule has 17 heavy (non-hydrogen) atoms. The van der Waals surface area contributed by atoms with Crippen molar-refractivity contribution in [3.63, 3.8) is 0 Å². The highest BCUT2D eigenvalue weighted by Gasteiger charge is 2.30. The number of rotatable bonds is 4. The largest absolute Gasteiger partial charge is 0.378 e. The first-order chi connectivity index (χ1) is 8.38. The van der Waals surface area contributed by atoms with Gasteiger partial charge in [-0.05, 0) is 32.1 Å². The number of aromatic nitrogens is 3. The Labute approximate surface area is 110 Å². The Morgan fingerprint density at radius 2 is 2.00 bits per heavy atom. The number of alkyl halides is 1. The highest BCUT2D eigenvalue weighted by Crippen LogP contribution is 2.37. The second-order valence-corrected chi connectivity index (χ2v) is 5.52. The maximum Gasteiger partial charge on any atom is 0.143 e. The Balaban J connectivity index is 1.74. The van der Waals surface area contributed by atoms with Crippen molar-refractivity contribution in [2.75, 3.05) is 6.61 Å². The molecule has 2 aliphatic rings. The molecular formula is C12H18BrN3O. The maximum atomic E-state index is 5.79.